The third kappa shape index (κ3) is 8.52. The van der Waals surface area contributed by atoms with E-state index in [1.807, 2.05) is 6.07 Å². The summed E-state index contributed by atoms with van der Waals surface area (Å²) in [6, 6.07) is 3.73. The Balaban J connectivity index is 0.00000312. The van der Waals surface area contributed by atoms with Crippen LogP contribution in [0.4, 0.5) is 0 Å². The highest BCUT2D eigenvalue weighted by Crippen LogP contribution is 2.07. The first kappa shape index (κ1) is 22.4. The third-order valence-corrected chi connectivity index (χ3v) is 4.04. The lowest BCUT2D eigenvalue weighted by Gasteiger charge is -2.34. The van der Waals surface area contributed by atoms with Crippen molar-refractivity contribution in [3.05, 3.63) is 29.0 Å². The first-order valence-electron chi connectivity index (χ1n) is 8.45. The molecule has 142 valence electrons. The zero-order valence-electron chi connectivity index (χ0n) is 15.2. The van der Waals surface area contributed by atoms with Crippen LogP contribution in [0.2, 0.25) is 5.15 Å². The molecule has 1 aromatic rings. The number of rotatable bonds is 6. The van der Waals surface area contributed by atoms with Crippen molar-refractivity contribution in [2.24, 2.45) is 10.9 Å². The molecule has 2 N–H and O–H groups in total. The van der Waals surface area contributed by atoms with E-state index in [-0.39, 0.29) is 30.1 Å². The van der Waals surface area contributed by atoms with Gasteiger partial charge in [-0.1, -0.05) is 31.5 Å². The predicted octanol–water partition coefficient (Wildman–Crippen LogP) is 2.37. The van der Waals surface area contributed by atoms with Gasteiger partial charge in [0.2, 0.25) is 0 Å². The highest BCUT2D eigenvalue weighted by atomic mass is 127. The molecule has 1 unspecified atom stereocenters. The lowest BCUT2D eigenvalue weighted by atomic mass is 10.2. The first-order chi connectivity index (χ1) is 11.6. The maximum Gasteiger partial charge on any atom is 0.191 e. The Morgan fingerprint density at radius 2 is 2.24 bits per heavy atom. The molecule has 2 rings (SSSR count). The summed E-state index contributed by atoms with van der Waals surface area (Å²) in [5.41, 5.74) is 1.05. The summed E-state index contributed by atoms with van der Waals surface area (Å²) in [6.07, 6.45) is 1.95. The maximum absolute atomic E-state index is 5.85. The highest BCUT2D eigenvalue weighted by Gasteiger charge is 2.20. The predicted molar refractivity (Wildman–Crippen MR) is 114 cm³/mol. The molecule has 0 bridgehead atoms. The van der Waals surface area contributed by atoms with Gasteiger partial charge in [-0.2, -0.15) is 0 Å². The second-order valence-corrected chi connectivity index (χ2v) is 6.83. The van der Waals surface area contributed by atoms with E-state index in [2.05, 4.69) is 39.4 Å². The Kier molecular flexibility index (Phi) is 10.6. The second-order valence-electron chi connectivity index (χ2n) is 6.44. The molecule has 1 fully saturated rings. The van der Waals surface area contributed by atoms with Crippen molar-refractivity contribution < 1.29 is 4.74 Å². The molecule has 1 atom stereocenters. The van der Waals surface area contributed by atoms with Gasteiger partial charge in [0.05, 0.1) is 12.7 Å². The van der Waals surface area contributed by atoms with Crippen molar-refractivity contribution >= 4 is 41.5 Å². The van der Waals surface area contributed by atoms with Crippen LogP contribution in [0, 0.1) is 5.92 Å². The monoisotopic (exact) mass is 481 g/mol. The number of aliphatic imine (C=N–C) groups is 1. The Bertz CT molecular complexity index is 526. The minimum atomic E-state index is 0. The summed E-state index contributed by atoms with van der Waals surface area (Å²) in [7, 11) is 1.77. The van der Waals surface area contributed by atoms with Gasteiger partial charge in [0.15, 0.2) is 5.96 Å². The summed E-state index contributed by atoms with van der Waals surface area (Å²) in [6.45, 7) is 9.79. The Morgan fingerprint density at radius 3 is 2.88 bits per heavy atom. The van der Waals surface area contributed by atoms with E-state index in [1.54, 1.807) is 19.3 Å². The third-order valence-electron chi connectivity index (χ3n) is 3.82. The summed E-state index contributed by atoms with van der Waals surface area (Å²) in [5.74, 6) is 1.44. The molecule has 6 nitrogen and oxygen atoms in total. The van der Waals surface area contributed by atoms with Crippen molar-refractivity contribution in [2.45, 2.75) is 26.5 Å². The molecular formula is C17H29ClIN5O. The molecule has 8 heteroatoms. The number of nitrogens with zero attached hydrogens (tertiary/aromatic N) is 3. The van der Waals surface area contributed by atoms with Crippen molar-refractivity contribution in [1.29, 1.82) is 0 Å². The van der Waals surface area contributed by atoms with E-state index in [0.29, 0.717) is 17.6 Å². The van der Waals surface area contributed by atoms with Crippen LogP contribution < -0.4 is 10.6 Å². The molecule has 1 saturated heterocycles. The van der Waals surface area contributed by atoms with E-state index in [4.69, 9.17) is 16.3 Å². The molecule has 1 aliphatic heterocycles. The van der Waals surface area contributed by atoms with Crippen molar-refractivity contribution in [2.75, 3.05) is 39.8 Å². The molecule has 0 aromatic carbocycles. The van der Waals surface area contributed by atoms with Crippen molar-refractivity contribution in [1.82, 2.24) is 20.5 Å². The Morgan fingerprint density at radius 1 is 1.44 bits per heavy atom. The van der Waals surface area contributed by atoms with E-state index in [0.717, 1.165) is 44.3 Å². The van der Waals surface area contributed by atoms with Crippen LogP contribution >= 0.6 is 35.6 Å². The van der Waals surface area contributed by atoms with Crippen LogP contribution in [0.25, 0.3) is 0 Å². The largest absolute Gasteiger partial charge is 0.374 e. The Labute approximate surface area is 172 Å². The van der Waals surface area contributed by atoms with Crippen molar-refractivity contribution in [3.8, 4) is 0 Å². The summed E-state index contributed by atoms with van der Waals surface area (Å²) < 4.78 is 5.85. The second kappa shape index (κ2) is 11.9. The van der Waals surface area contributed by atoms with Crippen LogP contribution in [0.3, 0.4) is 0 Å². The van der Waals surface area contributed by atoms with Gasteiger partial charge in [0.25, 0.3) is 0 Å². The minimum absolute atomic E-state index is 0. The standard InChI is InChI=1S/C17H28ClN5O.HI/c1-13(2)11-23-6-7-24-15(12-23)10-22-17(19-3)21-9-14-4-5-16(18)20-8-14;/h4-5,8,13,15H,6-7,9-12H2,1-3H3,(H2,19,21,22);1H. The molecule has 0 spiro atoms. The van der Waals surface area contributed by atoms with Gasteiger partial charge in [-0.05, 0) is 17.5 Å². The molecule has 0 radical (unpaired) electrons. The number of ether oxygens (including phenoxy) is 1. The van der Waals surface area contributed by atoms with Crippen LogP contribution in [-0.4, -0.2) is 61.8 Å². The SMILES string of the molecule is CN=C(NCc1ccc(Cl)nc1)NCC1CN(CC(C)C)CCO1.I. The Hall–Kier alpha value is -0.640. The number of hydrogen-bond acceptors (Lipinski definition) is 4. The molecular weight excluding hydrogens is 453 g/mol. The van der Waals surface area contributed by atoms with Crippen LogP contribution in [0.1, 0.15) is 19.4 Å². The van der Waals surface area contributed by atoms with E-state index >= 15 is 0 Å². The molecule has 2 heterocycles. The molecule has 0 amide bonds. The average molecular weight is 482 g/mol. The number of pyridine rings is 1. The number of hydrogen-bond donors (Lipinski definition) is 2. The fourth-order valence-electron chi connectivity index (χ4n) is 2.71. The number of nitrogens with one attached hydrogen (secondary N) is 2. The maximum atomic E-state index is 5.85. The lowest BCUT2D eigenvalue weighted by molar-refractivity contribution is -0.0284. The van der Waals surface area contributed by atoms with Gasteiger partial charge in [-0.15, -0.1) is 24.0 Å². The van der Waals surface area contributed by atoms with Gasteiger partial charge < -0.3 is 15.4 Å². The van der Waals surface area contributed by atoms with Crippen LogP contribution in [0.15, 0.2) is 23.3 Å². The van der Waals surface area contributed by atoms with Gasteiger partial charge >= 0.3 is 0 Å². The minimum Gasteiger partial charge on any atom is -0.374 e. The van der Waals surface area contributed by atoms with E-state index < -0.39 is 0 Å². The first-order valence-corrected chi connectivity index (χ1v) is 8.83. The summed E-state index contributed by atoms with van der Waals surface area (Å²) >= 11 is 5.80. The molecule has 1 aliphatic rings. The van der Waals surface area contributed by atoms with Gasteiger partial charge in [-0.25, -0.2) is 4.98 Å². The normalized spacial score (nSPS) is 18.8. The zero-order valence-corrected chi connectivity index (χ0v) is 18.3. The molecule has 0 aliphatic carbocycles. The van der Waals surface area contributed by atoms with Gasteiger partial charge in [-0.3, -0.25) is 9.89 Å². The number of aromatic nitrogens is 1. The number of guanidine groups is 1. The van der Waals surface area contributed by atoms with Gasteiger partial charge in [0, 0.05) is 46.0 Å². The van der Waals surface area contributed by atoms with Crippen molar-refractivity contribution in [3.63, 3.8) is 0 Å². The molecule has 0 saturated carbocycles. The average Bonchev–Trinajstić information content (AvgIpc) is 2.56. The highest BCUT2D eigenvalue weighted by molar-refractivity contribution is 14.0. The zero-order chi connectivity index (χ0) is 17.4. The number of halogens is 2. The fourth-order valence-corrected chi connectivity index (χ4v) is 2.83. The summed E-state index contributed by atoms with van der Waals surface area (Å²) in [4.78, 5) is 10.8. The van der Waals surface area contributed by atoms with E-state index in [1.165, 1.54) is 0 Å². The smallest absolute Gasteiger partial charge is 0.191 e. The number of morpholine rings is 1. The summed E-state index contributed by atoms with van der Waals surface area (Å²) in [5, 5.41) is 7.11. The molecule has 1 aromatic heterocycles. The van der Waals surface area contributed by atoms with E-state index in [9.17, 15) is 0 Å². The fraction of sp³-hybridized carbons (Fsp3) is 0.647. The van der Waals surface area contributed by atoms with Gasteiger partial charge in [0.1, 0.15) is 5.15 Å². The van der Waals surface area contributed by atoms with Crippen LogP contribution in [0.5, 0.6) is 0 Å². The molecule has 25 heavy (non-hydrogen) atoms. The lowest BCUT2D eigenvalue weighted by Crippen LogP contribution is -2.50. The quantitative estimate of drug-likeness (QED) is 0.283. The van der Waals surface area contributed by atoms with Crippen LogP contribution in [-0.2, 0) is 11.3 Å². The topological polar surface area (TPSA) is 61.8 Å².